The first kappa shape index (κ1) is 15.4. The summed E-state index contributed by atoms with van der Waals surface area (Å²) in [7, 11) is -3.85. The van der Waals surface area contributed by atoms with Crippen LogP contribution in [-0.4, -0.2) is 33.1 Å². The molecule has 1 aromatic carbocycles. The zero-order valence-electron chi connectivity index (χ0n) is 10.8. The van der Waals surface area contributed by atoms with Crippen molar-refractivity contribution in [1.82, 2.24) is 5.32 Å². The number of benzene rings is 1. The van der Waals surface area contributed by atoms with Gasteiger partial charge in [0.2, 0.25) is 10.0 Å². The Balaban J connectivity index is 2.24. The third-order valence-electron chi connectivity index (χ3n) is 3.15. The van der Waals surface area contributed by atoms with Gasteiger partial charge in [-0.25, -0.2) is 13.6 Å². The lowest BCUT2D eigenvalue weighted by atomic mass is 10.1. The number of carbonyl (C=O) groups excluding carboxylic acids is 1. The standard InChI is InChI=1S/C12H15BrN2O4S/c1-7-11(2-3-19-7)15-12(16)8-4-9(13)6-10(5-8)20(14,17)18/h4-7,11H,2-3H2,1H3,(H,15,16)(H2,14,17,18). The van der Waals surface area contributed by atoms with Crippen molar-refractivity contribution in [3.63, 3.8) is 0 Å². The molecule has 110 valence electrons. The third kappa shape index (κ3) is 3.57. The molecule has 2 atom stereocenters. The molecule has 2 unspecified atom stereocenters. The lowest BCUT2D eigenvalue weighted by molar-refractivity contribution is 0.0866. The molecule has 1 aliphatic heterocycles. The van der Waals surface area contributed by atoms with Crippen LogP contribution in [0.5, 0.6) is 0 Å². The van der Waals surface area contributed by atoms with Gasteiger partial charge in [-0.05, 0) is 31.5 Å². The molecule has 8 heteroatoms. The van der Waals surface area contributed by atoms with E-state index in [4.69, 9.17) is 9.88 Å². The van der Waals surface area contributed by atoms with Crippen molar-refractivity contribution < 1.29 is 17.9 Å². The second-order valence-electron chi connectivity index (χ2n) is 4.67. The number of hydrogen-bond acceptors (Lipinski definition) is 4. The van der Waals surface area contributed by atoms with Gasteiger partial charge in [0.1, 0.15) is 0 Å². The number of ether oxygens (including phenoxy) is 1. The molecule has 1 saturated heterocycles. The summed E-state index contributed by atoms with van der Waals surface area (Å²) in [5.74, 6) is -0.349. The molecule has 2 rings (SSSR count). The van der Waals surface area contributed by atoms with Crippen LogP contribution in [0.15, 0.2) is 27.6 Å². The Hall–Kier alpha value is -0.960. The summed E-state index contributed by atoms with van der Waals surface area (Å²) in [5, 5.41) is 7.91. The van der Waals surface area contributed by atoms with Gasteiger partial charge in [0, 0.05) is 16.6 Å². The predicted molar refractivity (Wildman–Crippen MR) is 76.8 cm³/mol. The Labute approximate surface area is 125 Å². The lowest BCUT2D eigenvalue weighted by Crippen LogP contribution is -2.39. The summed E-state index contributed by atoms with van der Waals surface area (Å²) in [6.07, 6.45) is 0.687. The zero-order chi connectivity index (χ0) is 14.9. The quantitative estimate of drug-likeness (QED) is 0.837. The van der Waals surface area contributed by atoms with Crippen LogP contribution in [-0.2, 0) is 14.8 Å². The van der Waals surface area contributed by atoms with Crippen molar-refractivity contribution in [3.8, 4) is 0 Å². The number of rotatable bonds is 3. The molecule has 1 aromatic rings. The normalized spacial score (nSPS) is 22.8. The van der Waals surface area contributed by atoms with E-state index >= 15 is 0 Å². The molecule has 1 fully saturated rings. The Kier molecular flexibility index (Phi) is 4.48. The van der Waals surface area contributed by atoms with Crippen molar-refractivity contribution >= 4 is 31.9 Å². The molecule has 0 spiro atoms. The highest BCUT2D eigenvalue weighted by Gasteiger charge is 2.26. The van der Waals surface area contributed by atoms with Gasteiger partial charge in [0.25, 0.3) is 5.91 Å². The molecule has 0 radical (unpaired) electrons. The van der Waals surface area contributed by atoms with Crippen molar-refractivity contribution in [2.75, 3.05) is 6.61 Å². The number of halogens is 1. The fourth-order valence-corrected chi connectivity index (χ4v) is 3.26. The Morgan fingerprint density at radius 2 is 2.15 bits per heavy atom. The van der Waals surface area contributed by atoms with Crippen LogP contribution in [0.25, 0.3) is 0 Å². The van der Waals surface area contributed by atoms with E-state index in [0.717, 1.165) is 6.42 Å². The summed E-state index contributed by atoms with van der Waals surface area (Å²) in [5.41, 5.74) is 0.238. The zero-order valence-corrected chi connectivity index (χ0v) is 13.2. The summed E-state index contributed by atoms with van der Waals surface area (Å²) in [4.78, 5) is 12.1. The Morgan fingerprint density at radius 1 is 1.45 bits per heavy atom. The number of nitrogens with two attached hydrogens (primary N) is 1. The minimum absolute atomic E-state index is 0.0520. The van der Waals surface area contributed by atoms with Gasteiger partial charge in [0.15, 0.2) is 0 Å². The topological polar surface area (TPSA) is 98.5 Å². The van der Waals surface area contributed by atoms with Gasteiger partial charge >= 0.3 is 0 Å². The number of nitrogens with one attached hydrogen (secondary N) is 1. The first-order valence-electron chi connectivity index (χ1n) is 6.03. The summed E-state index contributed by atoms with van der Waals surface area (Å²) < 4.78 is 28.6. The molecule has 6 nitrogen and oxygen atoms in total. The fourth-order valence-electron chi connectivity index (χ4n) is 2.03. The first-order chi connectivity index (χ1) is 9.27. The molecule has 1 amide bonds. The average Bonchev–Trinajstić information content (AvgIpc) is 2.73. The van der Waals surface area contributed by atoms with Crippen molar-refractivity contribution in [2.45, 2.75) is 30.4 Å². The summed E-state index contributed by atoms with van der Waals surface area (Å²) >= 11 is 3.17. The Bertz CT molecular complexity index is 632. The lowest BCUT2D eigenvalue weighted by Gasteiger charge is -2.16. The highest BCUT2D eigenvalue weighted by Crippen LogP contribution is 2.20. The van der Waals surface area contributed by atoms with Gasteiger partial charge in [-0.3, -0.25) is 4.79 Å². The third-order valence-corrected chi connectivity index (χ3v) is 4.51. The SMILES string of the molecule is CC1OCCC1NC(=O)c1cc(Br)cc(S(N)(=O)=O)c1. The van der Waals surface area contributed by atoms with Crippen molar-refractivity contribution in [3.05, 3.63) is 28.2 Å². The van der Waals surface area contributed by atoms with E-state index in [0.29, 0.717) is 11.1 Å². The van der Waals surface area contributed by atoms with E-state index in [9.17, 15) is 13.2 Å². The molecular weight excluding hydrogens is 348 g/mol. The van der Waals surface area contributed by atoms with E-state index < -0.39 is 10.0 Å². The molecule has 3 N–H and O–H groups in total. The monoisotopic (exact) mass is 362 g/mol. The van der Waals surface area contributed by atoms with Gasteiger partial charge in [-0.1, -0.05) is 15.9 Å². The minimum atomic E-state index is -3.85. The van der Waals surface area contributed by atoms with Crippen LogP contribution in [0.4, 0.5) is 0 Å². The maximum Gasteiger partial charge on any atom is 0.251 e. The van der Waals surface area contributed by atoms with Crippen LogP contribution in [0.2, 0.25) is 0 Å². The summed E-state index contributed by atoms with van der Waals surface area (Å²) in [6, 6.07) is 4.09. The summed E-state index contributed by atoms with van der Waals surface area (Å²) in [6.45, 7) is 2.49. The number of primary sulfonamides is 1. The molecule has 0 aliphatic carbocycles. The molecular formula is C12H15BrN2O4S. The number of amides is 1. The second kappa shape index (κ2) is 5.80. The van der Waals surface area contributed by atoms with Crippen LogP contribution in [0, 0.1) is 0 Å². The smallest absolute Gasteiger partial charge is 0.251 e. The first-order valence-corrected chi connectivity index (χ1v) is 8.37. The molecule has 20 heavy (non-hydrogen) atoms. The number of sulfonamides is 1. The van der Waals surface area contributed by atoms with Gasteiger partial charge in [0.05, 0.1) is 17.0 Å². The number of carbonyl (C=O) groups is 1. The van der Waals surface area contributed by atoms with Gasteiger partial charge < -0.3 is 10.1 Å². The second-order valence-corrected chi connectivity index (χ2v) is 7.14. The van der Waals surface area contributed by atoms with E-state index in [1.54, 1.807) is 6.07 Å². The van der Waals surface area contributed by atoms with E-state index in [1.165, 1.54) is 12.1 Å². The maximum absolute atomic E-state index is 12.2. The molecule has 1 heterocycles. The van der Waals surface area contributed by atoms with E-state index in [1.807, 2.05) is 6.92 Å². The largest absolute Gasteiger partial charge is 0.376 e. The van der Waals surface area contributed by atoms with Crippen LogP contribution in [0.1, 0.15) is 23.7 Å². The minimum Gasteiger partial charge on any atom is -0.376 e. The molecule has 0 aromatic heterocycles. The molecule has 0 bridgehead atoms. The molecule has 0 saturated carbocycles. The van der Waals surface area contributed by atoms with Crippen LogP contribution < -0.4 is 10.5 Å². The van der Waals surface area contributed by atoms with Crippen LogP contribution >= 0.6 is 15.9 Å². The van der Waals surface area contributed by atoms with Gasteiger partial charge in [-0.2, -0.15) is 0 Å². The Morgan fingerprint density at radius 3 is 2.70 bits per heavy atom. The van der Waals surface area contributed by atoms with E-state index in [-0.39, 0.29) is 28.5 Å². The highest BCUT2D eigenvalue weighted by atomic mass is 79.9. The highest BCUT2D eigenvalue weighted by molar-refractivity contribution is 9.10. The molecule has 1 aliphatic rings. The fraction of sp³-hybridized carbons (Fsp3) is 0.417. The van der Waals surface area contributed by atoms with Crippen molar-refractivity contribution in [1.29, 1.82) is 0 Å². The van der Waals surface area contributed by atoms with Gasteiger partial charge in [-0.15, -0.1) is 0 Å². The van der Waals surface area contributed by atoms with Crippen molar-refractivity contribution in [2.24, 2.45) is 5.14 Å². The van der Waals surface area contributed by atoms with E-state index in [2.05, 4.69) is 21.2 Å². The predicted octanol–water partition coefficient (Wildman–Crippen LogP) is 1.00. The maximum atomic E-state index is 12.2. The number of hydrogen-bond donors (Lipinski definition) is 2. The average molecular weight is 363 g/mol. The van der Waals surface area contributed by atoms with Crippen LogP contribution in [0.3, 0.4) is 0 Å².